The highest BCUT2D eigenvalue weighted by molar-refractivity contribution is 6.35. The number of piperazine rings is 1. The fraction of sp³-hybridized carbons (Fsp3) is 0.500. The van der Waals surface area contributed by atoms with Crippen molar-refractivity contribution in [1.29, 1.82) is 0 Å². The van der Waals surface area contributed by atoms with Gasteiger partial charge in [-0.05, 0) is 18.2 Å². The molecule has 1 heterocycles. The van der Waals surface area contributed by atoms with Gasteiger partial charge < -0.3 is 9.64 Å². The molecule has 1 aromatic rings. The van der Waals surface area contributed by atoms with Gasteiger partial charge in [-0.3, -0.25) is 9.69 Å². The van der Waals surface area contributed by atoms with Gasteiger partial charge in [0.05, 0.1) is 5.02 Å². The molecule has 20 heavy (non-hydrogen) atoms. The third kappa shape index (κ3) is 4.27. The van der Waals surface area contributed by atoms with Gasteiger partial charge in [-0.25, -0.2) is 0 Å². The number of nitrogens with zero attached hydrogens (tertiary/aromatic N) is 2. The molecule has 0 aliphatic carbocycles. The van der Waals surface area contributed by atoms with Crippen LogP contribution in [0.4, 0.5) is 0 Å². The standard InChI is InChI=1S/C14H18Cl2N2O2/c1-11(19)18-6-4-17(5-7-18)8-9-20-14-3-2-12(15)10-13(14)16/h2-3,10H,4-9H2,1H3. The van der Waals surface area contributed by atoms with Crippen LogP contribution in [-0.2, 0) is 4.79 Å². The lowest BCUT2D eigenvalue weighted by atomic mass is 10.3. The quantitative estimate of drug-likeness (QED) is 0.855. The van der Waals surface area contributed by atoms with Gasteiger partial charge in [0, 0.05) is 44.7 Å². The van der Waals surface area contributed by atoms with E-state index in [0.29, 0.717) is 22.4 Å². The third-order valence-corrected chi connectivity index (χ3v) is 3.91. The molecular weight excluding hydrogens is 299 g/mol. The molecule has 1 fully saturated rings. The van der Waals surface area contributed by atoms with E-state index in [9.17, 15) is 4.79 Å². The number of ether oxygens (including phenoxy) is 1. The highest BCUT2D eigenvalue weighted by atomic mass is 35.5. The van der Waals surface area contributed by atoms with E-state index in [1.54, 1.807) is 25.1 Å². The molecule has 0 N–H and O–H groups in total. The van der Waals surface area contributed by atoms with Crippen LogP contribution in [0, 0.1) is 0 Å². The van der Waals surface area contributed by atoms with E-state index >= 15 is 0 Å². The minimum Gasteiger partial charge on any atom is -0.491 e. The zero-order valence-corrected chi connectivity index (χ0v) is 13.0. The Hall–Kier alpha value is -0.970. The average molecular weight is 317 g/mol. The van der Waals surface area contributed by atoms with Crippen LogP contribution in [0.3, 0.4) is 0 Å². The molecule has 0 atom stereocenters. The van der Waals surface area contributed by atoms with Crippen molar-refractivity contribution in [2.24, 2.45) is 0 Å². The molecule has 0 saturated carbocycles. The average Bonchev–Trinajstić information content (AvgIpc) is 2.42. The van der Waals surface area contributed by atoms with Crippen LogP contribution in [0.1, 0.15) is 6.92 Å². The Kier molecular flexibility index (Phi) is 5.52. The molecule has 0 radical (unpaired) electrons. The van der Waals surface area contributed by atoms with E-state index < -0.39 is 0 Å². The van der Waals surface area contributed by atoms with Gasteiger partial charge in [-0.15, -0.1) is 0 Å². The summed E-state index contributed by atoms with van der Waals surface area (Å²) in [5.74, 6) is 0.798. The number of hydrogen-bond donors (Lipinski definition) is 0. The number of carbonyl (C=O) groups excluding carboxylic acids is 1. The number of halogens is 2. The second kappa shape index (κ2) is 7.16. The maximum Gasteiger partial charge on any atom is 0.219 e. The molecule has 0 aromatic heterocycles. The fourth-order valence-electron chi connectivity index (χ4n) is 2.16. The van der Waals surface area contributed by atoms with Gasteiger partial charge >= 0.3 is 0 Å². The summed E-state index contributed by atoms with van der Waals surface area (Å²) >= 11 is 11.9. The van der Waals surface area contributed by atoms with Crippen molar-refractivity contribution in [2.75, 3.05) is 39.3 Å². The topological polar surface area (TPSA) is 32.8 Å². The molecule has 1 saturated heterocycles. The molecule has 4 nitrogen and oxygen atoms in total. The first-order valence-corrected chi connectivity index (χ1v) is 7.37. The summed E-state index contributed by atoms with van der Waals surface area (Å²) < 4.78 is 5.66. The number of benzene rings is 1. The van der Waals surface area contributed by atoms with Crippen molar-refractivity contribution in [3.05, 3.63) is 28.2 Å². The first-order chi connectivity index (χ1) is 9.56. The minimum atomic E-state index is 0.147. The number of rotatable bonds is 4. The number of amides is 1. The summed E-state index contributed by atoms with van der Waals surface area (Å²) in [5, 5.41) is 1.13. The van der Waals surface area contributed by atoms with Crippen molar-refractivity contribution in [1.82, 2.24) is 9.80 Å². The lowest BCUT2D eigenvalue weighted by Gasteiger charge is -2.34. The molecule has 110 valence electrons. The number of carbonyl (C=O) groups is 1. The molecular formula is C14H18Cl2N2O2. The number of hydrogen-bond acceptors (Lipinski definition) is 3. The van der Waals surface area contributed by atoms with Crippen molar-refractivity contribution in [3.8, 4) is 5.75 Å². The first kappa shape index (κ1) is 15.4. The van der Waals surface area contributed by atoms with Gasteiger partial charge in [0.15, 0.2) is 0 Å². The molecule has 1 aliphatic heterocycles. The van der Waals surface area contributed by atoms with Gasteiger partial charge in [-0.1, -0.05) is 23.2 Å². The molecule has 0 spiro atoms. The van der Waals surface area contributed by atoms with Crippen LogP contribution in [0.2, 0.25) is 10.0 Å². The molecule has 6 heteroatoms. The monoisotopic (exact) mass is 316 g/mol. The van der Waals surface area contributed by atoms with Crippen LogP contribution < -0.4 is 4.74 Å². The summed E-state index contributed by atoms with van der Waals surface area (Å²) in [6, 6.07) is 5.21. The minimum absolute atomic E-state index is 0.147. The first-order valence-electron chi connectivity index (χ1n) is 6.62. The molecule has 2 rings (SSSR count). The zero-order valence-electron chi connectivity index (χ0n) is 11.4. The van der Waals surface area contributed by atoms with Gasteiger partial charge in [-0.2, -0.15) is 0 Å². The molecule has 0 unspecified atom stereocenters. The Morgan fingerprint density at radius 2 is 1.95 bits per heavy atom. The van der Waals surface area contributed by atoms with Crippen molar-refractivity contribution in [3.63, 3.8) is 0 Å². The summed E-state index contributed by atoms with van der Waals surface area (Å²) in [4.78, 5) is 15.4. The smallest absolute Gasteiger partial charge is 0.219 e. The Balaban J connectivity index is 1.73. The van der Waals surface area contributed by atoms with Gasteiger partial charge in [0.1, 0.15) is 12.4 Å². The van der Waals surface area contributed by atoms with Crippen molar-refractivity contribution >= 4 is 29.1 Å². The second-order valence-electron chi connectivity index (χ2n) is 4.77. The fourth-order valence-corrected chi connectivity index (χ4v) is 2.63. The summed E-state index contributed by atoms with van der Waals surface area (Å²) in [5.41, 5.74) is 0. The zero-order chi connectivity index (χ0) is 14.5. The van der Waals surface area contributed by atoms with Crippen LogP contribution in [0.15, 0.2) is 18.2 Å². The van der Waals surface area contributed by atoms with Gasteiger partial charge in [0.25, 0.3) is 0 Å². The van der Waals surface area contributed by atoms with Crippen molar-refractivity contribution < 1.29 is 9.53 Å². The lowest BCUT2D eigenvalue weighted by molar-refractivity contribution is -0.130. The summed E-state index contributed by atoms with van der Waals surface area (Å²) in [6.45, 7) is 6.36. The van der Waals surface area contributed by atoms with Crippen LogP contribution in [-0.4, -0.2) is 55.0 Å². The molecule has 1 aliphatic rings. The lowest BCUT2D eigenvalue weighted by Crippen LogP contribution is -2.48. The van der Waals surface area contributed by atoms with Gasteiger partial charge in [0.2, 0.25) is 5.91 Å². The predicted molar refractivity (Wildman–Crippen MR) is 80.7 cm³/mol. The maximum absolute atomic E-state index is 11.2. The van der Waals surface area contributed by atoms with Crippen LogP contribution >= 0.6 is 23.2 Å². The Bertz CT molecular complexity index is 474. The van der Waals surface area contributed by atoms with Crippen LogP contribution in [0.5, 0.6) is 5.75 Å². The summed E-state index contributed by atoms with van der Waals surface area (Å²) in [6.07, 6.45) is 0. The Morgan fingerprint density at radius 1 is 1.25 bits per heavy atom. The van der Waals surface area contributed by atoms with E-state index in [2.05, 4.69) is 4.90 Å². The Labute approximate surface area is 129 Å². The maximum atomic E-state index is 11.2. The van der Waals surface area contributed by atoms with E-state index in [1.807, 2.05) is 4.90 Å². The molecule has 0 bridgehead atoms. The van der Waals surface area contributed by atoms with Crippen molar-refractivity contribution in [2.45, 2.75) is 6.92 Å². The van der Waals surface area contributed by atoms with E-state index in [1.165, 1.54) is 0 Å². The normalized spacial score (nSPS) is 16.2. The largest absolute Gasteiger partial charge is 0.491 e. The highest BCUT2D eigenvalue weighted by Gasteiger charge is 2.18. The molecule has 1 amide bonds. The van der Waals surface area contributed by atoms with E-state index in [4.69, 9.17) is 27.9 Å². The second-order valence-corrected chi connectivity index (χ2v) is 5.61. The third-order valence-electron chi connectivity index (χ3n) is 3.38. The predicted octanol–water partition coefficient (Wildman–Crippen LogP) is 2.54. The molecule has 1 aromatic carbocycles. The van der Waals surface area contributed by atoms with Crippen LogP contribution in [0.25, 0.3) is 0 Å². The van der Waals surface area contributed by atoms with E-state index in [-0.39, 0.29) is 5.91 Å². The summed E-state index contributed by atoms with van der Waals surface area (Å²) in [7, 11) is 0. The highest BCUT2D eigenvalue weighted by Crippen LogP contribution is 2.27. The van der Waals surface area contributed by atoms with E-state index in [0.717, 1.165) is 32.7 Å². The SMILES string of the molecule is CC(=O)N1CCN(CCOc2ccc(Cl)cc2Cl)CC1. The Morgan fingerprint density at radius 3 is 2.55 bits per heavy atom.